The number of carbonyl (C=O) groups is 1. The number of amides is 1. The summed E-state index contributed by atoms with van der Waals surface area (Å²) in [6.45, 7) is 8.51. The number of carbonyl (C=O) groups excluding carboxylic acids is 1. The van der Waals surface area contributed by atoms with Crippen LogP contribution in [0.25, 0.3) is 10.2 Å². The first-order valence-corrected chi connectivity index (χ1v) is 12.3. The molecule has 29 heavy (non-hydrogen) atoms. The molecule has 1 aliphatic carbocycles. The van der Waals surface area contributed by atoms with Crippen LogP contribution in [0.2, 0.25) is 0 Å². The molecule has 0 radical (unpaired) electrons. The standard InChI is InChI=1S/C20H24N4O2S3/c1-10-5-6-11-12(7-10)29-17-15(11)16(26)23-19(24-17)28-9-14(25)22-18-21-13(8-27-18)20(2,3)4/h8,10H,5-7,9H2,1-4H3,(H,21,22,25)(H,23,24,26)/t10-/m0/s1. The molecule has 1 aliphatic rings. The fourth-order valence-electron chi connectivity index (χ4n) is 3.36. The highest BCUT2D eigenvalue weighted by atomic mass is 32.2. The lowest BCUT2D eigenvalue weighted by Crippen LogP contribution is -2.17. The predicted molar refractivity (Wildman–Crippen MR) is 122 cm³/mol. The second-order valence-corrected chi connectivity index (χ2v) is 11.4. The quantitative estimate of drug-likeness (QED) is 0.450. The van der Waals surface area contributed by atoms with E-state index < -0.39 is 0 Å². The molecule has 3 heterocycles. The summed E-state index contributed by atoms with van der Waals surface area (Å²) in [5.74, 6) is 0.657. The number of nitrogens with zero attached hydrogens (tertiary/aromatic N) is 2. The van der Waals surface area contributed by atoms with Gasteiger partial charge >= 0.3 is 0 Å². The summed E-state index contributed by atoms with van der Waals surface area (Å²) >= 11 is 4.28. The Bertz CT molecular complexity index is 1120. The second kappa shape index (κ2) is 7.85. The van der Waals surface area contributed by atoms with Gasteiger partial charge < -0.3 is 10.3 Å². The summed E-state index contributed by atoms with van der Waals surface area (Å²) in [4.78, 5) is 39.0. The molecule has 0 aliphatic heterocycles. The van der Waals surface area contributed by atoms with Crippen molar-refractivity contribution in [2.75, 3.05) is 11.1 Å². The van der Waals surface area contributed by atoms with E-state index in [0.717, 1.165) is 35.2 Å². The monoisotopic (exact) mass is 448 g/mol. The highest BCUT2D eigenvalue weighted by Crippen LogP contribution is 2.36. The normalized spacial score (nSPS) is 16.8. The Hall–Kier alpha value is -1.71. The van der Waals surface area contributed by atoms with E-state index in [9.17, 15) is 9.59 Å². The van der Waals surface area contributed by atoms with Crippen LogP contribution in [0, 0.1) is 5.92 Å². The molecule has 4 rings (SSSR count). The molecule has 0 bridgehead atoms. The Morgan fingerprint density at radius 2 is 2.17 bits per heavy atom. The smallest absolute Gasteiger partial charge is 0.260 e. The molecule has 0 fully saturated rings. The first-order valence-electron chi connectivity index (χ1n) is 9.64. The molecule has 1 atom stereocenters. The zero-order valence-corrected chi connectivity index (χ0v) is 19.4. The van der Waals surface area contributed by atoms with E-state index in [1.54, 1.807) is 11.3 Å². The summed E-state index contributed by atoms with van der Waals surface area (Å²) in [6, 6.07) is 0. The number of aryl methyl sites for hydroxylation is 1. The minimum atomic E-state index is -0.160. The molecular formula is C20H24N4O2S3. The van der Waals surface area contributed by atoms with Gasteiger partial charge in [0, 0.05) is 15.7 Å². The van der Waals surface area contributed by atoms with Crippen molar-refractivity contribution in [2.45, 2.75) is 57.5 Å². The summed E-state index contributed by atoms with van der Waals surface area (Å²) in [7, 11) is 0. The highest BCUT2D eigenvalue weighted by molar-refractivity contribution is 7.99. The molecule has 0 saturated carbocycles. The van der Waals surface area contributed by atoms with Crippen LogP contribution in [0.5, 0.6) is 0 Å². The lowest BCUT2D eigenvalue weighted by atomic mass is 9.89. The van der Waals surface area contributed by atoms with Crippen LogP contribution in [-0.2, 0) is 23.1 Å². The van der Waals surface area contributed by atoms with E-state index in [4.69, 9.17) is 0 Å². The average Bonchev–Trinajstić information content (AvgIpc) is 3.23. The first kappa shape index (κ1) is 20.6. The number of rotatable bonds is 4. The van der Waals surface area contributed by atoms with Crippen LogP contribution in [0.3, 0.4) is 0 Å². The van der Waals surface area contributed by atoms with Gasteiger partial charge in [-0.1, -0.05) is 39.5 Å². The van der Waals surface area contributed by atoms with Crippen LogP contribution >= 0.6 is 34.4 Å². The van der Waals surface area contributed by atoms with Crippen LogP contribution in [-0.4, -0.2) is 26.6 Å². The van der Waals surface area contributed by atoms with E-state index in [-0.39, 0.29) is 22.6 Å². The van der Waals surface area contributed by atoms with Crippen molar-refractivity contribution in [3.8, 4) is 0 Å². The fourth-order valence-corrected chi connectivity index (χ4v) is 6.42. The third-order valence-electron chi connectivity index (χ3n) is 5.00. The number of hydrogen-bond donors (Lipinski definition) is 2. The van der Waals surface area contributed by atoms with Gasteiger partial charge in [0.05, 0.1) is 16.8 Å². The number of hydrogen-bond acceptors (Lipinski definition) is 7. The molecule has 3 aromatic rings. The molecule has 154 valence electrons. The SMILES string of the molecule is C[C@H]1CCc2c(sc3nc(SCC(=O)Nc4nc(C(C)(C)C)cs4)[nH]c(=O)c23)C1. The van der Waals surface area contributed by atoms with Gasteiger partial charge in [0.15, 0.2) is 10.3 Å². The number of nitrogens with one attached hydrogen (secondary N) is 2. The van der Waals surface area contributed by atoms with Crippen LogP contribution in [0.1, 0.15) is 50.3 Å². The van der Waals surface area contributed by atoms with Gasteiger partial charge in [-0.3, -0.25) is 9.59 Å². The lowest BCUT2D eigenvalue weighted by Gasteiger charge is -2.17. The maximum Gasteiger partial charge on any atom is 0.260 e. The van der Waals surface area contributed by atoms with Gasteiger partial charge in [0.25, 0.3) is 5.56 Å². The predicted octanol–water partition coefficient (Wildman–Crippen LogP) is 4.59. The number of anilines is 1. The molecule has 0 spiro atoms. The number of fused-ring (bicyclic) bond motifs is 3. The lowest BCUT2D eigenvalue weighted by molar-refractivity contribution is -0.113. The third kappa shape index (κ3) is 4.41. The van der Waals surface area contributed by atoms with E-state index in [2.05, 4.69) is 48.0 Å². The second-order valence-electron chi connectivity index (χ2n) is 8.53. The zero-order valence-electron chi connectivity index (χ0n) is 16.9. The minimum Gasteiger partial charge on any atom is -0.301 e. The van der Waals surface area contributed by atoms with E-state index >= 15 is 0 Å². The number of aromatic amines is 1. The van der Waals surface area contributed by atoms with Gasteiger partial charge in [-0.15, -0.1) is 22.7 Å². The van der Waals surface area contributed by atoms with Gasteiger partial charge in [0.2, 0.25) is 5.91 Å². The van der Waals surface area contributed by atoms with Crippen LogP contribution < -0.4 is 10.9 Å². The summed E-state index contributed by atoms with van der Waals surface area (Å²) in [6.07, 6.45) is 3.08. The molecule has 3 aromatic heterocycles. The highest BCUT2D eigenvalue weighted by Gasteiger charge is 2.23. The number of aromatic nitrogens is 3. The van der Waals surface area contributed by atoms with Gasteiger partial charge in [0.1, 0.15) is 4.83 Å². The number of H-pyrrole nitrogens is 1. The van der Waals surface area contributed by atoms with E-state index in [1.807, 2.05) is 5.38 Å². The van der Waals surface area contributed by atoms with Gasteiger partial charge in [-0.2, -0.15) is 0 Å². The topological polar surface area (TPSA) is 87.7 Å². The largest absolute Gasteiger partial charge is 0.301 e. The molecule has 6 nitrogen and oxygen atoms in total. The van der Waals surface area contributed by atoms with Crippen molar-refractivity contribution in [2.24, 2.45) is 5.92 Å². The zero-order chi connectivity index (χ0) is 20.8. The number of thiazole rings is 1. The Kier molecular flexibility index (Phi) is 5.56. The van der Waals surface area contributed by atoms with E-state index in [0.29, 0.717) is 16.2 Å². The molecule has 0 aromatic carbocycles. The van der Waals surface area contributed by atoms with Crippen molar-refractivity contribution in [3.63, 3.8) is 0 Å². The molecular weight excluding hydrogens is 424 g/mol. The van der Waals surface area contributed by atoms with Crippen LogP contribution in [0.4, 0.5) is 5.13 Å². The molecule has 1 amide bonds. The Morgan fingerprint density at radius 1 is 1.38 bits per heavy atom. The summed E-state index contributed by atoms with van der Waals surface area (Å²) < 4.78 is 0. The molecule has 0 unspecified atom stereocenters. The van der Waals surface area contributed by atoms with Crippen LogP contribution in [0.15, 0.2) is 15.3 Å². The summed E-state index contributed by atoms with van der Waals surface area (Å²) in [5, 5.41) is 6.62. The van der Waals surface area contributed by atoms with Crippen molar-refractivity contribution in [3.05, 3.63) is 31.9 Å². The average molecular weight is 449 g/mol. The van der Waals surface area contributed by atoms with Gasteiger partial charge in [-0.05, 0) is 30.7 Å². The van der Waals surface area contributed by atoms with Gasteiger partial charge in [-0.25, -0.2) is 9.97 Å². The maximum absolute atomic E-state index is 12.6. The maximum atomic E-state index is 12.6. The minimum absolute atomic E-state index is 0.0509. The molecule has 9 heteroatoms. The summed E-state index contributed by atoms with van der Waals surface area (Å²) in [5.41, 5.74) is 1.98. The fraction of sp³-hybridized carbons (Fsp3) is 0.500. The Labute approximate surface area is 181 Å². The van der Waals surface area contributed by atoms with Crippen molar-refractivity contribution < 1.29 is 4.79 Å². The first-order chi connectivity index (χ1) is 13.7. The Morgan fingerprint density at radius 3 is 2.90 bits per heavy atom. The van der Waals surface area contributed by atoms with Crippen molar-refractivity contribution >= 4 is 55.7 Å². The molecule has 2 N–H and O–H groups in total. The molecule has 0 saturated heterocycles. The van der Waals surface area contributed by atoms with Crippen molar-refractivity contribution in [1.29, 1.82) is 0 Å². The Balaban J connectivity index is 1.45. The third-order valence-corrected chi connectivity index (χ3v) is 7.78. The van der Waals surface area contributed by atoms with Crippen molar-refractivity contribution in [1.82, 2.24) is 15.0 Å². The number of thiophene rings is 1. The number of thioether (sulfide) groups is 1. The van der Waals surface area contributed by atoms with E-state index in [1.165, 1.54) is 33.5 Å².